The van der Waals surface area contributed by atoms with Crippen LogP contribution in [0.4, 0.5) is 5.69 Å². The highest BCUT2D eigenvalue weighted by atomic mass is 35.5. The van der Waals surface area contributed by atoms with Crippen molar-refractivity contribution in [3.05, 3.63) is 36.6 Å². The Kier molecular flexibility index (Phi) is 7.92. The standard InChI is InChI=1S/C20H24N4O2.2ClH/c1-13(14-4-2-8-21-12-14)10-19(25)22-15-6-7-16-17(11-15)24-20(23-16)18-5-3-9-26-18;;/h3,5-7,9,11,13-14,21H,2,4,8,10,12H2,1H3,(H,22,25)(H,23,24);2*1H. The van der Waals surface area contributed by atoms with Gasteiger partial charge in [-0.25, -0.2) is 4.98 Å². The Morgan fingerprint density at radius 2 is 2.21 bits per heavy atom. The van der Waals surface area contributed by atoms with Gasteiger partial charge < -0.3 is 20.0 Å². The fraction of sp³-hybridized carbons (Fsp3) is 0.400. The zero-order chi connectivity index (χ0) is 17.9. The van der Waals surface area contributed by atoms with E-state index in [1.807, 2.05) is 30.3 Å². The van der Waals surface area contributed by atoms with Gasteiger partial charge in [0.05, 0.1) is 17.3 Å². The van der Waals surface area contributed by atoms with E-state index in [1.54, 1.807) is 6.26 Å². The van der Waals surface area contributed by atoms with Gasteiger partial charge in [0.25, 0.3) is 0 Å². The predicted octanol–water partition coefficient (Wildman–Crippen LogP) is 4.63. The summed E-state index contributed by atoms with van der Waals surface area (Å²) in [7, 11) is 0. The van der Waals surface area contributed by atoms with Gasteiger partial charge >= 0.3 is 0 Å². The number of piperidine rings is 1. The molecule has 2 atom stereocenters. The Labute approximate surface area is 176 Å². The summed E-state index contributed by atoms with van der Waals surface area (Å²) in [5, 5.41) is 6.44. The second-order valence-corrected chi connectivity index (χ2v) is 7.13. The minimum Gasteiger partial charge on any atom is -0.461 e. The minimum atomic E-state index is 0. The van der Waals surface area contributed by atoms with Crippen molar-refractivity contribution in [2.24, 2.45) is 11.8 Å². The van der Waals surface area contributed by atoms with Crippen LogP contribution in [0.2, 0.25) is 0 Å². The largest absolute Gasteiger partial charge is 0.461 e. The maximum Gasteiger partial charge on any atom is 0.224 e. The first-order valence-corrected chi connectivity index (χ1v) is 9.23. The molecule has 6 nitrogen and oxygen atoms in total. The minimum absolute atomic E-state index is 0. The number of benzene rings is 1. The Balaban J connectivity index is 0.00000140. The van der Waals surface area contributed by atoms with E-state index < -0.39 is 0 Å². The van der Waals surface area contributed by atoms with E-state index in [0.29, 0.717) is 29.8 Å². The number of carbonyl (C=O) groups excluding carboxylic acids is 1. The van der Waals surface area contributed by atoms with Crippen LogP contribution in [0.1, 0.15) is 26.2 Å². The monoisotopic (exact) mass is 424 g/mol. The van der Waals surface area contributed by atoms with Crippen LogP contribution in [0, 0.1) is 11.8 Å². The number of rotatable bonds is 5. The van der Waals surface area contributed by atoms with E-state index in [2.05, 4.69) is 27.5 Å². The second-order valence-electron chi connectivity index (χ2n) is 7.13. The van der Waals surface area contributed by atoms with E-state index in [0.717, 1.165) is 29.8 Å². The molecule has 1 aliphatic rings. The summed E-state index contributed by atoms with van der Waals surface area (Å²) in [6.07, 6.45) is 4.57. The summed E-state index contributed by atoms with van der Waals surface area (Å²) in [5.41, 5.74) is 2.50. The number of amides is 1. The van der Waals surface area contributed by atoms with Crippen molar-refractivity contribution < 1.29 is 9.21 Å². The molecule has 2 aromatic heterocycles. The molecular formula is C20H26Cl2N4O2. The number of hydrogen-bond donors (Lipinski definition) is 3. The molecule has 0 radical (unpaired) electrons. The number of nitrogens with one attached hydrogen (secondary N) is 3. The van der Waals surface area contributed by atoms with Crippen LogP contribution in [0.25, 0.3) is 22.6 Å². The van der Waals surface area contributed by atoms with E-state index in [4.69, 9.17) is 4.42 Å². The highest BCUT2D eigenvalue weighted by molar-refractivity contribution is 5.93. The van der Waals surface area contributed by atoms with E-state index in [9.17, 15) is 4.79 Å². The number of fused-ring (bicyclic) bond motifs is 1. The van der Waals surface area contributed by atoms with Gasteiger partial charge in [-0.2, -0.15) is 0 Å². The van der Waals surface area contributed by atoms with E-state index in [-0.39, 0.29) is 30.7 Å². The van der Waals surface area contributed by atoms with Gasteiger partial charge in [-0.1, -0.05) is 6.92 Å². The number of H-pyrrole nitrogens is 1. The molecule has 4 rings (SSSR count). The van der Waals surface area contributed by atoms with Crippen LogP contribution in [0.15, 0.2) is 41.0 Å². The molecule has 8 heteroatoms. The van der Waals surface area contributed by atoms with Crippen molar-refractivity contribution >= 4 is 47.4 Å². The molecule has 3 heterocycles. The number of anilines is 1. The molecule has 1 aliphatic heterocycles. The highest BCUT2D eigenvalue weighted by Gasteiger charge is 2.22. The van der Waals surface area contributed by atoms with Gasteiger partial charge in [-0.05, 0) is 68.1 Å². The second kappa shape index (κ2) is 9.96. The average molecular weight is 425 g/mol. The molecule has 28 heavy (non-hydrogen) atoms. The molecule has 2 unspecified atom stereocenters. The number of nitrogens with zero attached hydrogens (tertiary/aromatic N) is 1. The van der Waals surface area contributed by atoms with Crippen LogP contribution < -0.4 is 10.6 Å². The first-order valence-electron chi connectivity index (χ1n) is 9.23. The Hall–Kier alpha value is -2.02. The molecule has 3 N–H and O–H groups in total. The topological polar surface area (TPSA) is 83.0 Å². The Morgan fingerprint density at radius 1 is 1.36 bits per heavy atom. The number of imidazole rings is 1. The predicted molar refractivity (Wildman–Crippen MR) is 116 cm³/mol. The lowest BCUT2D eigenvalue weighted by Gasteiger charge is -2.28. The normalized spacial score (nSPS) is 17.4. The van der Waals surface area contributed by atoms with Crippen LogP contribution >= 0.6 is 24.8 Å². The van der Waals surface area contributed by atoms with Crippen LogP contribution in [0.3, 0.4) is 0 Å². The van der Waals surface area contributed by atoms with Crippen molar-refractivity contribution in [1.29, 1.82) is 0 Å². The van der Waals surface area contributed by atoms with Gasteiger partial charge in [0.1, 0.15) is 0 Å². The summed E-state index contributed by atoms with van der Waals surface area (Å²) < 4.78 is 5.38. The van der Waals surface area contributed by atoms with Crippen molar-refractivity contribution in [2.75, 3.05) is 18.4 Å². The highest BCUT2D eigenvalue weighted by Crippen LogP contribution is 2.25. The third-order valence-electron chi connectivity index (χ3n) is 5.17. The zero-order valence-electron chi connectivity index (χ0n) is 15.7. The van der Waals surface area contributed by atoms with Crippen molar-refractivity contribution in [3.8, 4) is 11.6 Å². The quantitative estimate of drug-likeness (QED) is 0.557. The lowest BCUT2D eigenvalue weighted by atomic mass is 9.85. The number of furan rings is 1. The lowest BCUT2D eigenvalue weighted by Crippen LogP contribution is -2.34. The van der Waals surface area contributed by atoms with Crippen LogP contribution in [-0.4, -0.2) is 29.0 Å². The first kappa shape index (κ1) is 22.3. The van der Waals surface area contributed by atoms with E-state index in [1.165, 1.54) is 12.8 Å². The maximum absolute atomic E-state index is 12.4. The smallest absolute Gasteiger partial charge is 0.224 e. The number of aromatic amines is 1. The molecule has 0 saturated carbocycles. The molecular weight excluding hydrogens is 399 g/mol. The van der Waals surface area contributed by atoms with Gasteiger partial charge in [0.15, 0.2) is 11.6 Å². The fourth-order valence-corrected chi connectivity index (χ4v) is 3.65. The molecule has 1 fully saturated rings. The summed E-state index contributed by atoms with van der Waals surface area (Å²) in [4.78, 5) is 20.2. The van der Waals surface area contributed by atoms with Gasteiger partial charge in [0, 0.05) is 12.1 Å². The Morgan fingerprint density at radius 3 is 2.93 bits per heavy atom. The van der Waals surface area contributed by atoms with Crippen molar-refractivity contribution in [3.63, 3.8) is 0 Å². The third-order valence-corrected chi connectivity index (χ3v) is 5.17. The SMILES string of the molecule is CC(CC(=O)Nc1ccc2nc(-c3ccco3)[nH]c2c1)C1CCCNC1.Cl.Cl. The summed E-state index contributed by atoms with van der Waals surface area (Å²) in [6, 6.07) is 9.40. The maximum atomic E-state index is 12.4. The molecule has 1 amide bonds. The molecule has 0 spiro atoms. The summed E-state index contributed by atoms with van der Waals surface area (Å²) >= 11 is 0. The molecule has 0 bridgehead atoms. The summed E-state index contributed by atoms with van der Waals surface area (Å²) in [5.74, 6) is 2.41. The number of aromatic nitrogens is 2. The lowest BCUT2D eigenvalue weighted by molar-refractivity contribution is -0.117. The van der Waals surface area contributed by atoms with Crippen LogP contribution in [-0.2, 0) is 4.79 Å². The molecule has 0 aliphatic carbocycles. The van der Waals surface area contributed by atoms with Gasteiger partial charge in [-0.3, -0.25) is 4.79 Å². The third kappa shape index (κ3) is 5.07. The number of carbonyl (C=O) groups is 1. The number of halogens is 2. The Bertz CT molecular complexity index is 889. The van der Waals surface area contributed by atoms with Gasteiger partial charge in [0.2, 0.25) is 5.91 Å². The fourth-order valence-electron chi connectivity index (χ4n) is 3.65. The zero-order valence-corrected chi connectivity index (χ0v) is 17.4. The molecule has 1 saturated heterocycles. The number of hydrogen-bond acceptors (Lipinski definition) is 4. The molecule has 3 aromatic rings. The molecule has 1 aromatic carbocycles. The van der Waals surface area contributed by atoms with Crippen molar-refractivity contribution in [1.82, 2.24) is 15.3 Å². The van der Waals surface area contributed by atoms with Crippen LogP contribution in [0.5, 0.6) is 0 Å². The average Bonchev–Trinajstić information content (AvgIpc) is 3.31. The summed E-state index contributed by atoms with van der Waals surface area (Å²) in [6.45, 7) is 4.29. The molecule has 152 valence electrons. The van der Waals surface area contributed by atoms with Crippen molar-refractivity contribution in [2.45, 2.75) is 26.2 Å². The first-order chi connectivity index (χ1) is 12.7. The van der Waals surface area contributed by atoms with Gasteiger partial charge in [-0.15, -0.1) is 24.8 Å². The van der Waals surface area contributed by atoms with E-state index >= 15 is 0 Å².